The molecule has 0 saturated heterocycles. The predicted molar refractivity (Wildman–Crippen MR) is 353 cm³/mol. The van der Waals surface area contributed by atoms with Crippen LogP contribution in [0.2, 0.25) is 0 Å². The van der Waals surface area contributed by atoms with E-state index in [4.69, 9.17) is 14.2 Å². The monoisotopic (exact) mass is 1130 g/mol. The zero-order valence-electron chi connectivity index (χ0n) is 53.5. The third-order valence-electron chi connectivity index (χ3n) is 15.1. The zero-order valence-corrected chi connectivity index (χ0v) is 53.5. The number of esters is 3. The third-order valence-corrected chi connectivity index (χ3v) is 15.1. The third kappa shape index (κ3) is 67.0. The van der Waals surface area contributed by atoms with Crippen molar-refractivity contribution in [1.82, 2.24) is 0 Å². The molecular weight excluding hydrogens is 997 g/mol. The van der Waals surface area contributed by atoms with E-state index in [0.29, 0.717) is 19.3 Å². The van der Waals surface area contributed by atoms with Crippen molar-refractivity contribution in [3.05, 3.63) is 97.2 Å². The summed E-state index contributed by atoms with van der Waals surface area (Å²) in [5.41, 5.74) is 0. The van der Waals surface area contributed by atoms with Gasteiger partial charge in [-0.05, 0) is 103 Å². The molecule has 0 heterocycles. The second-order valence-corrected chi connectivity index (χ2v) is 23.1. The lowest BCUT2D eigenvalue weighted by Crippen LogP contribution is -2.30. The molecule has 0 aromatic carbocycles. The zero-order chi connectivity index (χ0) is 58.5. The summed E-state index contributed by atoms with van der Waals surface area (Å²) >= 11 is 0. The van der Waals surface area contributed by atoms with E-state index in [9.17, 15) is 14.4 Å². The number of allylic oxidation sites excluding steroid dienone is 16. The average Bonchev–Trinajstić information content (AvgIpc) is 3.47. The molecule has 0 bridgehead atoms. The van der Waals surface area contributed by atoms with E-state index in [1.165, 1.54) is 186 Å². The van der Waals surface area contributed by atoms with Crippen LogP contribution in [0.1, 0.15) is 342 Å². The van der Waals surface area contributed by atoms with E-state index in [0.717, 1.165) is 116 Å². The highest BCUT2D eigenvalue weighted by atomic mass is 16.6. The number of rotatable bonds is 63. The van der Waals surface area contributed by atoms with Gasteiger partial charge in [0.1, 0.15) is 13.2 Å². The Kier molecular flexibility index (Phi) is 65.7. The summed E-state index contributed by atoms with van der Waals surface area (Å²) in [6.07, 6.45) is 92.8. The van der Waals surface area contributed by atoms with Crippen molar-refractivity contribution in [3.8, 4) is 0 Å². The Hall–Kier alpha value is -3.67. The molecule has 0 aliphatic carbocycles. The maximum absolute atomic E-state index is 12.9. The van der Waals surface area contributed by atoms with Gasteiger partial charge in [-0.2, -0.15) is 0 Å². The molecule has 0 saturated carbocycles. The van der Waals surface area contributed by atoms with Crippen molar-refractivity contribution in [2.24, 2.45) is 0 Å². The highest BCUT2D eigenvalue weighted by Gasteiger charge is 2.19. The molecule has 1 atom stereocenters. The number of unbranched alkanes of at least 4 members (excludes halogenated alkanes) is 36. The van der Waals surface area contributed by atoms with Gasteiger partial charge in [-0.25, -0.2) is 0 Å². The van der Waals surface area contributed by atoms with Gasteiger partial charge in [0, 0.05) is 19.3 Å². The molecule has 1 unspecified atom stereocenters. The van der Waals surface area contributed by atoms with E-state index >= 15 is 0 Å². The van der Waals surface area contributed by atoms with Crippen LogP contribution in [0.5, 0.6) is 0 Å². The summed E-state index contributed by atoms with van der Waals surface area (Å²) in [6.45, 7) is 6.53. The van der Waals surface area contributed by atoms with Crippen LogP contribution in [-0.4, -0.2) is 37.2 Å². The smallest absolute Gasteiger partial charge is 0.306 e. The number of hydrogen-bond donors (Lipinski definition) is 0. The molecule has 0 fully saturated rings. The minimum absolute atomic E-state index is 0.0791. The van der Waals surface area contributed by atoms with Crippen molar-refractivity contribution in [2.75, 3.05) is 13.2 Å². The maximum atomic E-state index is 12.9. The van der Waals surface area contributed by atoms with Crippen LogP contribution in [0.4, 0.5) is 0 Å². The molecule has 0 rings (SSSR count). The Labute approximate surface area is 502 Å². The fourth-order valence-corrected chi connectivity index (χ4v) is 9.89. The summed E-state index contributed by atoms with van der Waals surface area (Å²) in [4.78, 5) is 38.4. The average molecular weight is 1130 g/mol. The SMILES string of the molecule is CC/C=C\C/C=C\C/C=C\C/C=C\C/C=C\CCCCCCCCCCCCCCCC(=O)OCC(COC(=O)CCCCCCCCCCCCCCCCC)OC(=O)CCCCCCCC/C=C\C/C=C\C/C=C\CCCCC. The first-order valence-corrected chi connectivity index (χ1v) is 34.7. The first kappa shape index (κ1) is 77.3. The maximum Gasteiger partial charge on any atom is 0.306 e. The van der Waals surface area contributed by atoms with E-state index in [-0.39, 0.29) is 31.1 Å². The van der Waals surface area contributed by atoms with Crippen molar-refractivity contribution in [1.29, 1.82) is 0 Å². The number of carbonyl (C=O) groups excluding carboxylic acids is 3. The predicted octanol–water partition coefficient (Wildman–Crippen LogP) is 24.0. The van der Waals surface area contributed by atoms with Gasteiger partial charge in [0.05, 0.1) is 0 Å². The van der Waals surface area contributed by atoms with Crippen LogP contribution in [0, 0.1) is 0 Å². The standard InChI is InChI=1S/C75H130O6/c1-4-7-10-13-16-19-22-25-28-30-32-33-34-35-36-37-38-39-40-41-43-44-47-50-53-56-59-62-65-68-74(77)80-71-72(70-79-73(76)67-64-61-58-55-52-49-46-27-24-21-18-15-12-9-6-3)81-75(78)69-66-63-60-57-54-51-48-45-42-31-29-26-23-20-17-14-11-8-5-2/h7,10,16-17,19-20,25-26,28-29,32-33,35-36,42,45,72H,4-6,8-9,11-15,18,21-24,27,30-31,34,37-41,43-44,46-71H2,1-3H3/b10-7-,19-16-,20-17-,28-25-,29-26-,33-32-,36-35-,45-42-. The van der Waals surface area contributed by atoms with Crippen molar-refractivity contribution in [3.63, 3.8) is 0 Å². The first-order chi connectivity index (χ1) is 40.0. The highest BCUT2D eigenvalue weighted by molar-refractivity contribution is 5.71. The lowest BCUT2D eigenvalue weighted by Gasteiger charge is -2.18. The molecular formula is C75H130O6. The van der Waals surface area contributed by atoms with E-state index in [2.05, 4.69) is 118 Å². The molecule has 6 nitrogen and oxygen atoms in total. The van der Waals surface area contributed by atoms with Crippen LogP contribution in [-0.2, 0) is 28.6 Å². The normalized spacial score (nSPS) is 12.7. The van der Waals surface area contributed by atoms with Crippen LogP contribution in [0.15, 0.2) is 97.2 Å². The topological polar surface area (TPSA) is 78.9 Å². The fourth-order valence-electron chi connectivity index (χ4n) is 9.89. The summed E-state index contributed by atoms with van der Waals surface area (Å²) < 4.78 is 17.0. The second kappa shape index (κ2) is 68.8. The van der Waals surface area contributed by atoms with Gasteiger partial charge < -0.3 is 14.2 Å². The molecule has 0 spiro atoms. The molecule has 0 N–H and O–H groups in total. The minimum Gasteiger partial charge on any atom is -0.462 e. The van der Waals surface area contributed by atoms with Crippen molar-refractivity contribution in [2.45, 2.75) is 348 Å². The molecule has 0 radical (unpaired) electrons. The lowest BCUT2D eigenvalue weighted by molar-refractivity contribution is -0.167. The molecule has 81 heavy (non-hydrogen) atoms. The molecule has 466 valence electrons. The lowest BCUT2D eigenvalue weighted by atomic mass is 10.0. The number of carbonyl (C=O) groups is 3. The Bertz CT molecular complexity index is 1580. The molecule has 0 aromatic rings. The Morgan fingerprint density at radius 1 is 0.259 bits per heavy atom. The Morgan fingerprint density at radius 3 is 0.778 bits per heavy atom. The van der Waals surface area contributed by atoms with Crippen LogP contribution in [0.25, 0.3) is 0 Å². The molecule has 0 aromatic heterocycles. The van der Waals surface area contributed by atoms with Crippen molar-refractivity contribution >= 4 is 17.9 Å². The summed E-state index contributed by atoms with van der Waals surface area (Å²) in [7, 11) is 0. The minimum atomic E-state index is -0.785. The molecule has 6 heteroatoms. The van der Waals surface area contributed by atoms with Gasteiger partial charge in [0.15, 0.2) is 6.10 Å². The van der Waals surface area contributed by atoms with Gasteiger partial charge in [-0.1, -0.05) is 317 Å². The Morgan fingerprint density at radius 2 is 0.481 bits per heavy atom. The van der Waals surface area contributed by atoms with Crippen molar-refractivity contribution < 1.29 is 28.6 Å². The number of hydrogen-bond acceptors (Lipinski definition) is 6. The second-order valence-electron chi connectivity index (χ2n) is 23.1. The van der Waals surface area contributed by atoms with Gasteiger partial charge >= 0.3 is 17.9 Å². The van der Waals surface area contributed by atoms with Gasteiger partial charge in [-0.3, -0.25) is 14.4 Å². The number of ether oxygens (including phenoxy) is 3. The summed E-state index contributed by atoms with van der Waals surface area (Å²) in [5, 5.41) is 0. The largest absolute Gasteiger partial charge is 0.462 e. The Balaban J connectivity index is 4.30. The quantitative estimate of drug-likeness (QED) is 0.0261. The molecule has 0 aliphatic rings. The van der Waals surface area contributed by atoms with E-state index in [1.807, 2.05) is 0 Å². The van der Waals surface area contributed by atoms with Crippen LogP contribution in [0.3, 0.4) is 0 Å². The molecule has 0 aliphatic heterocycles. The highest BCUT2D eigenvalue weighted by Crippen LogP contribution is 2.17. The van der Waals surface area contributed by atoms with Gasteiger partial charge in [0.25, 0.3) is 0 Å². The summed E-state index contributed by atoms with van der Waals surface area (Å²) in [6, 6.07) is 0. The van der Waals surface area contributed by atoms with E-state index in [1.54, 1.807) is 0 Å². The first-order valence-electron chi connectivity index (χ1n) is 34.7. The van der Waals surface area contributed by atoms with Gasteiger partial charge in [0.2, 0.25) is 0 Å². The van der Waals surface area contributed by atoms with Crippen LogP contribution < -0.4 is 0 Å². The molecule has 0 amide bonds. The van der Waals surface area contributed by atoms with E-state index < -0.39 is 6.10 Å². The van der Waals surface area contributed by atoms with Crippen LogP contribution >= 0.6 is 0 Å². The fraction of sp³-hybridized carbons (Fsp3) is 0.747. The summed E-state index contributed by atoms with van der Waals surface area (Å²) in [5.74, 6) is -0.876. The van der Waals surface area contributed by atoms with Gasteiger partial charge in [-0.15, -0.1) is 0 Å².